The zero-order chi connectivity index (χ0) is 14.5. The number of halogens is 1. The molecule has 0 aliphatic carbocycles. The van der Waals surface area contributed by atoms with Crippen molar-refractivity contribution in [3.05, 3.63) is 63.7 Å². The molecule has 0 saturated carbocycles. The number of ether oxygens (including phenoxy) is 1. The fraction of sp³-hybridized carbons (Fsp3) is 0.294. The number of benzene rings is 2. The Kier molecular flexibility index (Phi) is 5.05. The van der Waals surface area contributed by atoms with Gasteiger partial charge in [-0.1, -0.05) is 35.9 Å². The van der Waals surface area contributed by atoms with Gasteiger partial charge in [-0.2, -0.15) is 0 Å². The number of rotatable bonds is 5. The molecule has 20 heavy (non-hydrogen) atoms. The molecule has 1 N–H and O–H groups in total. The van der Waals surface area contributed by atoms with Crippen LogP contribution in [0.15, 0.2) is 36.4 Å². The Bertz CT molecular complexity index is 572. The van der Waals surface area contributed by atoms with E-state index in [0.29, 0.717) is 6.61 Å². The summed E-state index contributed by atoms with van der Waals surface area (Å²) in [6, 6.07) is 12.2. The summed E-state index contributed by atoms with van der Waals surface area (Å²) in [7, 11) is 1.95. The molecule has 0 bridgehead atoms. The standard InChI is InChI=1S/C17H20ClNO/c1-12-8-16(18)9-13(2)17(12)20-11-15-7-5-4-6-14(15)10-19-3/h4-9,19H,10-11H2,1-3H3. The molecule has 0 aliphatic rings. The molecule has 0 aromatic heterocycles. The summed E-state index contributed by atoms with van der Waals surface area (Å²) in [6.45, 7) is 5.46. The van der Waals surface area contributed by atoms with Crippen LogP contribution in [0.2, 0.25) is 5.02 Å². The maximum absolute atomic E-state index is 6.04. The predicted molar refractivity (Wildman–Crippen MR) is 84.5 cm³/mol. The largest absolute Gasteiger partial charge is 0.488 e. The molecule has 2 rings (SSSR count). The molecule has 0 saturated heterocycles. The number of hydrogen-bond donors (Lipinski definition) is 1. The first-order valence-electron chi connectivity index (χ1n) is 6.72. The monoisotopic (exact) mass is 289 g/mol. The summed E-state index contributed by atoms with van der Waals surface area (Å²) in [6.07, 6.45) is 0. The lowest BCUT2D eigenvalue weighted by molar-refractivity contribution is 0.300. The zero-order valence-corrected chi connectivity index (χ0v) is 12.9. The van der Waals surface area contributed by atoms with Crippen LogP contribution >= 0.6 is 11.6 Å². The van der Waals surface area contributed by atoms with Crippen molar-refractivity contribution in [1.29, 1.82) is 0 Å². The molecular weight excluding hydrogens is 270 g/mol. The fourth-order valence-electron chi connectivity index (χ4n) is 2.34. The van der Waals surface area contributed by atoms with Gasteiger partial charge >= 0.3 is 0 Å². The third-order valence-electron chi connectivity index (χ3n) is 3.28. The van der Waals surface area contributed by atoms with E-state index in [-0.39, 0.29) is 0 Å². The maximum atomic E-state index is 6.04. The van der Waals surface area contributed by atoms with Crippen molar-refractivity contribution in [2.24, 2.45) is 0 Å². The van der Waals surface area contributed by atoms with Crippen LogP contribution in [0.3, 0.4) is 0 Å². The molecule has 2 aromatic carbocycles. The van der Waals surface area contributed by atoms with Crippen LogP contribution < -0.4 is 10.1 Å². The van der Waals surface area contributed by atoms with E-state index in [9.17, 15) is 0 Å². The summed E-state index contributed by atoms with van der Waals surface area (Å²) in [4.78, 5) is 0. The van der Waals surface area contributed by atoms with Gasteiger partial charge in [0.25, 0.3) is 0 Å². The van der Waals surface area contributed by atoms with Crippen LogP contribution in [0, 0.1) is 13.8 Å². The molecule has 0 aliphatic heterocycles. The minimum Gasteiger partial charge on any atom is -0.488 e. The van der Waals surface area contributed by atoms with Crippen molar-refractivity contribution >= 4 is 11.6 Å². The summed E-state index contributed by atoms with van der Waals surface area (Å²) in [5, 5.41) is 3.93. The lowest BCUT2D eigenvalue weighted by Gasteiger charge is -2.14. The van der Waals surface area contributed by atoms with Gasteiger partial charge in [0.1, 0.15) is 12.4 Å². The van der Waals surface area contributed by atoms with Crippen LogP contribution in [0.1, 0.15) is 22.3 Å². The summed E-state index contributed by atoms with van der Waals surface area (Å²) < 4.78 is 6.01. The Labute approximate surface area is 125 Å². The summed E-state index contributed by atoms with van der Waals surface area (Å²) in [5.41, 5.74) is 4.61. The van der Waals surface area contributed by atoms with E-state index >= 15 is 0 Å². The van der Waals surface area contributed by atoms with E-state index in [2.05, 4.69) is 23.5 Å². The lowest BCUT2D eigenvalue weighted by atomic mass is 10.1. The van der Waals surface area contributed by atoms with Crippen molar-refractivity contribution in [3.8, 4) is 5.75 Å². The van der Waals surface area contributed by atoms with Gasteiger partial charge in [0.2, 0.25) is 0 Å². The normalized spacial score (nSPS) is 10.6. The average molecular weight is 290 g/mol. The van der Waals surface area contributed by atoms with Crippen LogP contribution in [0.25, 0.3) is 0 Å². The first-order valence-corrected chi connectivity index (χ1v) is 7.10. The minimum atomic E-state index is 0.571. The highest BCUT2D eigenvalue weighted by molar-refractivity contribution is 6.30. The molecular formula is C17H20ClNO. The Balaban J connectivity index is 2.17. The van der Waals surface area contributed by atoms with E-state index in [1.165, 1.54) is 11.1 Å². The van der Waals surface area contributed by atoms with Gasteiger partial charge in [0, 0.05) is 11.6 Å². The predicted octanol–water partition coefficient (Wildman–Crippen LogP) is 4.26. The zero-order valence-electron chi connectivity index (χ0n) is 12.2. The van der Waals surface area contributed by atoms with Crippen molar-refractivity contribution in [2.75, 3.05) is 7.05 Å². The molecule has 2 aromatic rings. The molecule has 0 unspecified atom stereocenters. The van der Waals surface area contributed by atoms with Gasteiger partial charge in [0.15, 0.2) is 0 Å². The highest BCUT2D eigenvalue weighted by Gasteiger charge is 2.07. The van der Waals surface area contributed by atoms with Crippen molar-refractivity contribution in [1.82, 2.24) is 5.32 Å². The molecule has 106 valence electrons. The van der Waals surface area contributed by atoms with Gasteiger partial charge < -0.3 is 10.1 Å². The van der Waals surface area contributed by atoms with Crippen molar-refractivity contribution in [2.45, 2.75) is 27.0 Å². The first-order chi connectivity index (χ1) is 9.61. The second-order valence-electron chi connectivity index (χ2n) is 4.96. The van der Waals surface area contributed by atoms with E-state index < -0.39 is 0 Å². The molecule has 0 spiro atoms. The first kappa shape index (κ1) is 14.9. The molecule has 2 nitrogen and oxygen atoms in total. The highest BCUT2D eigenvalue weighted by Crippen LogP contribution is 2.28. The van der Waals surface area contributed by atoms with E-state index in [0.717, 1.165) is 28.4 Å². The molecule has 0 radical (unpaired) electrons. The molecule has 0 fully saturated rings. The summed E-state index contributed by atoms with van der Waals surface area (Å²) in [5.74, 6) is 0.925. The Morgan fingerprint density at radius 1 is 1.05 bits per heavy atom. The smallest absolute Gasteiger partial charge is 0.125 e. The Morgan fingerprint density at radius 3 is 2.25 bits per heavy atom. The second kappa shape index (κ2) is 6.78. The molecule has 0 amide bonds. The SMILES string of the molecule is CNCc1ccccc1COc1c(C)cc(Cl)cc1C. The van der Waals surface area contributed by atoms with E-state index in [4.69, 9.17) is 16.3 Å². The van der Waals surface area contributed by atoms with Gasteiger partial charge in [-0.05, 0) is 55.3 Å². The Hall–Kier alpha value is -1.51. The lowest BCUT2D eigenvalue weighted by Crippen LogP contribution is -2.09. The van der Waals surface area contributed by atoms with Crippen molar-refractivity contribution < 1.29 is 4.74 Å². The van der Waals surface area contributed by atoms with Crippen LogP contribution in [0.5, 0.6) is 5.75 Å². The fourth-order valence-corrected chi connectivity index (χ4v) is 2.66. The van der Waals surface area contributed by atoms with E-state index in [1.54, 1.807) is 0 Å². The van der Waals surface area contributed by atoms with Gasteiger partial charge in [-0.3, -0.25) is 0 Å². The van der Waals surface area contributed by atoms with Gasteiger partial charge in [-0.15, -0.1) is 0 Å². The number of nitrogens with one attached hydrogen (secondary N) is 1. The number of hydrogen-bond acceptors (Lipinski definition) is 2. The van der Waals surface area contributed by atoms with Crippen LogP contribution in [-0.4, -0.2) is 7.05 Å². The summed E-state index contributed by atoms with van der Waals surface area (Å²) >= 11 is 6.04. The minimum absolute atomic E-state index is 0.571. The second-order valence-corrected chi connectivity index (χ2v) is 5.39. The third-order valence-corrected chi connectivity index (χ3v) is 3.50. The van der Waals surface area contributed by atoms with Gasteiger partial charge in [-0.25, -0.2) is 0 Å². The molecule has 3 heteroatoms. The quantitative estimate of drug-likeness (QED) is 0.888. The third kappa shape index (κ3) is 3.53. The molecule has 0 atom stereocenters. The number of aryl methyl sites for hydroxylation is 2. The average Bonchev–Trinajstić information content (AvgIpc) is 2.39. The Morgan fingerprint density at radius 2 is 1.65 bits per heavy atom. The maximum Gasteiger partial charge on any atom is 0.125 e. The van der Waals surface area contributed by atoms with Crippen LogP contribution in [-0.2, 0) is 13.2 Å². The van der Waals surface area contributed by atoms with Gasteiger partial charge in [0.05, 0.1) is 0 Å². The van der Waals surface area contributed by atoms with E-state index in [1.807, 2.05) is 39.1 Å². The van der Waals surface area contributed by atoms with Crippen molar-refractivity contribution in [3.63, 3.8) is 0 Å². The topological polar surface area (TPSA) is 21.3 Å². The molecule has 0 heterocycles. The highest BCUT2D eigenvalue weighted by atomic mass is 35.5. The van der Waals surface area contributed by atoms with Crippen LogP contribution in [0.4, 0.5) is 0 Å².